The molecule has 1 unspecified atom stereocenters. The van der Waals surface area contributed by atoms with Crippen molar-refractivity contribution in [2.24, 2.45) is 0 Å². The number of aliphatic hydroxyl groups excluding tert-OH is 1. The van der Waals surface area contributed by atoms with Gasteiger partial charge in [0.15, 0.2) is 0 Å². The monoisotopic (exact) mass is 191 g/mol. The predicted molar refractivity (Wildman–Crippen MR) is 58.5 cm³/mol. The Kier molecular flexibility index (Phi) is 2.46. The van der Waals surface area contributed by atoms with Gasteiger partial charge in [-0.1, -0.05) is 18.2 Å². The zero-order chi connectivity index (χ0) is 10.1. The third-order valence-corrected chi connectivity index (χ3v) is 2.86. The fourth-order valence-electron chi connectivity index (χ4n) is 1.82. The van der Waals surface area contributed by atoms with E-state index in [4.69, 9.17) is 0 Å². The minimum absolute atomic E-state index is 0.382. The fraction of sp³-hybridized carbons (Fsp3) is 0.500. The van der Waals surface area contributed by atoms with Crippen LogP contribution in [0, 0.1) is 0 Å². The lowest BCUT2D eigenvalue weighted by atomic mass is 10.1. The van der Waals surface area contributed by atoms with Crippen molar-refractivity contribution in [3.8, 4) is 0 Å². The molecule has 2 nitrogen and oxygen atoms in total. The van der Waals surface area contributed by atoms with E-state index in [1.54, 1.807) is 0 Å². The summed E-state index contributed by atoms with van der Waals surface area (Å²) in [5.41, 5.74) is 2.20. The van der Waals surface area contributed by atoms with E-state index in [-0.39, 0.29) is 6.10 Å². The molecule has 2 rings (SSSR count). The first-order valence-corrected chi connectivity index (χ1v) is 5.20. The number of hydrogen-bond donors (Lipinski definition) is 1. The molecule has 14 heavy (non-hydrogen) atoms. The average molecular weight is 191 g/mol. The minimum Gasteiger partial charge on any atom is -0.389 e. The maximum Gasteiger partial charge on any atom is 0.0781 e. The molecule has 1 saturated carbocycles. The van der Waals surface area contributed by atoms with Crippen LogP contribution in [-0.4, -0.2) is 18.2 Å². The lowest BCUT2D eigenvalue weighted by Gasteiger charge is -2.23. The van der Waals surface area contributed by atoms with E-state index < -0.39 is 0 Å². The lowest BCUT2D eigenvalue weighted by Crippen LogP contribution is -2.21. The number of benzene rings is 1. The molecule has 1 aromatic carbocycles. The van der Waals surface area contributed by atoms with Crippen molar-refractivity contribution in [3.05, 3.63) is 29.8 Å². The van der Waals surface area contributed by atoms with Crippen LogP contribution < -0.4 is 4.90 Å². The number of hydrogen-bond acceptors (Lipinski definition) is 2. The van der Waals surface area contributed by atoms with Gasteiger partial charge in [-0.2, -0.15) is 0 Å². The van der Waals surface area contributed by atoms with Crippen LogP contribution >= 0.6 is 0 Å². The molecule has 1 aliphatic carbocycles. The van der Waals surface area contributed by atoms with E-state index in [1.165, 1.54) is 18.5 Å². The molecule has 1 fully saturated rings. The Hall–Kier alpha value is -1.02. The SMILES string of the molecule is CC(O)c1ccccc1N(C)C1CC1. The van der Waals surface area contributed by atoms with Gasteiger partial charge in [0.25, 0.3) is 0 Å². The van der Waals surface area contributed by atoms with Gasteiger partial charge in [-0.25, -0.2) is 0 Å². The fourth-order valence-corrected chi connectivity index (χ4v) is 1.82. The highest BCUT2D eigenvalue weighted by atomic mass is 16.3. The molecule has 1 aliphatic rings. The first kappa shape index (κ1) is 9.53. The Bertz CT molecular complexity index is 318. The maximum atomic E-state index is 9.63. The summed E-state index contributed by atoms with van der Waals surface area (Å²) < 4.78 is 0. The third kappa shape index (κ3) is 1.75. The van der Waals surface area contributed by atoms with Gasteiger partial charge >= 0.3 is 0 Å². The van der Waals surface area contributed by atoms with Crippen LogP contribution in [0.25, 0.3) is 0 Å². The Morgan fingerprint density at radius 3 is 2.57 bits per heavy atom. The number of para-hydroxylation sites is 1. The summed E-state index contributed by atoms with van der Waals surface area (Å²) >= 11 is 0. The minimum atomic E-state index is -0.382. The highest BCUT2D eigenvalue weighted by Gasteiger charge is 2.27. The molecule has 0 heterocycles. The predicted octanol–water partition coefficient (Wildman–Crippen LogP) is 2.34. The smallest absolute Gasteiger partial charge is 0.0781 e. The topological polar surface area (TPSA) is 23.5 Å². The second-order valence-corrected chi connectivity index (χ2v) is 4.08. The first-order chi connectivity index (χ1) is 6.70. The first-order valence-electron chi connectivity index (χ1n) is 5.20. The van der Waals surface area contributed by atoms with Crippen LogP contribution in [0.3, 0.4) is 0 Å². The summed E-state index contributed by atoms with van der Waals surface area (Å²) in [5, 5.41) is 9.63. The second kappa shape index (κ2) is 3.62. The zero-order valence-corrected chi connectivity index (χ0v) is 8.77. The highest BCUT2D eigenvalue weighted by Crippen LogP contribution is 2.33. The van der Waals surface area contributed by atoms with Crippen LogP contribution in [0.4, 0.5) is 5.69 Å². The largest absolute Gasteiger partial charge is 0.389 e. The molecule has 76 valence electrons. The van der Waals surface area contributed by atoms with E-state index in [9.17, 15) is 5.11 Å². The maximum absolute atomic E-state index is 9.63. The Balaban J connectivity index is 2.30. The van der Waals surface area contributed by atoms with Crippen LogP contribution in [-0.2, 0) is 0 Å². The molecule has 0 saturated heterocycles. The molecular formula is C12H17NO. The van der Waals surface area contributed by atoms with Crippen molar-refractivity contribution in [2.45, 2.75) is 31.9 Å². The number of anilines is 1. The molecule has 1 atom stereocenters. The molecule has 0 bridgehead atoms. The molecule has 0 spiro atoms. The number of nitrogens with zero attached hydrogens (tertiary/aromatic N) is 1. The van der Waals surface area contributed by atoms with Crippen molar-refractivity contribution in [3.63, 3.8) is 0 Å². The second-order valence-electron chi connectivity index (χ2n) is 4.08. The summed E-state index contributed by atoms with van der Waals surface area (Å²) in [6.45, 7) is 1.82. The summed E-state index contributed by atoms with van der Waals surface area (Å²) in [6.07, 6.45) is 2.18. The van der Waals surface area contributed by atoms with E-state index in [0.717, 1.165) is 5.56 Å². The van der Waals surface area contributed by atoms with Crippen LogP contribution in [0.2, 0.25) is 0 Å². The molecule has 0 amide bonds. The number of aliphatic hydroxyl groups is 1. The summed E-state index contributed by atoms with van der Waals surface area (Å²) in [5.74, 6) is 0. The van der Waals surface area contributed by atoms with Crippen molar-refractivity contribution in [2.75, 3.05) is 11.9 Å². The standard InChI is InChI=1S/C12H17NO/c1-9(14)11-5-3-4-6-12(11)13(2)10-7-8-10/h3-6,9-10,14H,7-8H2,1-2H3. The van der Waals surface area contributed by atoms with Crippen LogP contribution in [0.15, 0.2) is 24.3 Å². The van der Waals surface area contributed by atoms with E-state index in [0.29, 0.717) is 6.04 Å². The van der Waals surface area contributed by atoms with Gasteiger partial charge in [-0.05, 0) is 25.8 Å². The average Bonchev–Trinajstić information content (AvgIpc) is 3.00. The Morgan fingerprint density at radius 2 is 2.00 bits per heavy atom. The molecule has 0 radical (unpaired) electrons. The van der Waals surface area contributed by atoms with E-state index >= 15 is 0 Å². The highest BCUT2D eigenvalue weighted by molar-refractivity contribution is 5.55. The quantitative estimate of drug-likeness (QED) is 0.792. The van der Waals surface area contributed by atoms with E-state index in [1.807, 2.05) is 25.1 Å². The Labute approximate surface area is 85.2 Å². The summed E-state index contributed by atoms with van der Waals surface area (Å²) in [7, 11) is 2.11. The zero-order valence-electron chi connectivity index (χ0n) is 8.77. The molecule has 1 N–H and O–H groups in total. The summed E-state index contributed by atoms with van der Waals surface area (Å²) in [4.78, 5) is 2.28. The van der Waals surface area contributed by atoms with Crippen molar-refractivity contribution in [1.82, 2.24) is 0 Å². The number of rotatable bonds is 3. The molecular weight excluding hydrogens is 174 g/mol. The van der Waals surface area contributed by atoms with Crippen LogP contribution in [0.1, 0.15) is 31.4 Å². The lowest BCUT2D eigenvalue weighted by molar-refractivity contribution is 0.199. The van der Waals surface area contributed by atoms with Gasteiger partial charge < -0.3 is 10.0 Å². The molecule has 1 aromatic rings. The molecule has 0 aromatic heterocycles. The third-order valence-electron chi connectivity index (χ3n) is 2.86. The van der Waals surface area contributed by atoms with Gasteiger partial charge in [0.1, 0.15) is 0 Å². The van der Waals surface area contributed by atoms with Gasteiger partial charge in [-0.3, -0.25) is 0 Å². The van der Waals surface area contributed by atoms with Crippen molar-refractivity contribution in [1.29, 1.82) is 0 Å². The van der Waals surface area contributed by atoms with Gasteiger partial charge in [0.2, 0.25) is 0 Å². The van der Waals surface area contributed by atoms with Gasteiger partial charge in [0, 0.05) is 24.3 Å². The van der Waals surface area contributed by atoms with Crippen molar-refractivity contribution >= 4 is 5.69 Å². The van der Waals surface area contributed by atoms with Gasteiger partial charge in [0.05, 0.1) is 6.10 Å². The van der Waals surface area contributed by atoms with E-state index in [2.05, 4.69) is 18.0 Å². The Morgan fingerprint density at radius 1 is 1.36 bits per heavy atom. The van der Waals surface area contributed by atoms with Crippen molar-refractivity contribution < 1.29 is 5.11 Å². The summed E-state index contributed by atoms with van der Waals surface area (Å²) in [6, 6.07) is 8.78. The molecule has 0 aliphatic heterocycles. The normalized spacial score (nSPS) is 17.9. The molecule has 2 heteroatoms. The van der Waals surface area contributed by atoms with Crippen LogP contribution in [0.5, 0.6) is 0 Å². The van der Waals surface area contributed by atoms with Gasteiger partial charge in [-0.15, -0.1) is 0 Å².